The van der Waals surface area contributed by atoms with Gasteiger partial charge >= 0.3 is 0 Å². The Labute approximate surface area is 156 Å². The molecule has 2 aromatic rings. The van der Waals surface area contributed by atoms with Crippen molar-refractivity contribution in [3.8, 4) is 0 Å². The van der Waals surface area contributed by atoms with E-state index in [-0.39, 0.29) is 21.5 Å². The molecule has 2 aromatic carbocycles. The van der Waals surface area contributed by atoms with E-state index < -0.39 is 15.9 Å². The third-order valence-corrected chi connectivity index (χ3v) is 6.44. The van der Waals surface area contributed by atoms with E-state index in [0.717, 1.165) is 17.7 Å². The van der Waals surface area contributed by atoms with Crippen molar-refractivity contribution in [3.63, 3.8) is 0 Å². The van der Waals surface area contributed by atoms with Crippen LogP contribution in [0.5, 0.6) is 0 Å². The zero-order valence-electron chi connectivity index (χ0n) is 13.5. The van der Waals surface area contributed by atoms with Crippen molar-refractivity contribution in [3.05, 3.63) is 53.1 Å². The van der Waals surface area contributed by atoms with Gasteiger partial charge in [-0.05, 0) is 55.5 Å². The quantitative estimate of drug-likeness (QED) is 0.729. The lowest BCUT2D eigenvalue weighted by molar-refractivity contribution is 0.102. The molecule has 0 saturated heterocycles. The van der Waals surface area contributed by atoms with Crippen LogP contribution in [0.15, 0.2) is 52.3 Å². The zero-order chi connectivity index (χ0) is 18.0. The minimum absolute atomic E-state index is 0.0344. The van der Waals surface area contributed by atoms with Gasteiger partial charge in [-0.3, -0.25) is 4.79 Å². The van der Waals surface area contributed by atoms with Crippen molar-refractivity contribution in [2.45, 2.75) is 28.7 Å². The fourth-order valence-electron chi connectivity index (χ4n) is 2.24. The van der Waals surface area contributed by atoms with E-state index in [9.17, 15) is 13.2 Å². The predicted octanol–water partition coefficient (Wildman–Crippen LogP) is 3.75. The molecule has 5 nitrogen and oxygen atoms in total. The molecular formula is C17H17ClN2O3S2. The Kier molecular flexibility index (Phi) is 5.38. The molecule has 1 saturated carbocycles. The molecule has 1 amide bonds. The minimum atomic E-state index is -3.73. The monoisotopic (exact) mass is 396 g/mol. The molecule has 8 heteroatoms. The van der Waals surface area contributed by atoms with E-state index >= 15 is 0 Å². The minimum Gasteiger partial charge on any atom is -0.322 e. The topological polar surface area (TPSA) is 75.3 Å². The lowest BCUT2D eigenvalue weighted by Crippen LogP contribution is -2.26. The summed E-state index contributed by atoms with van der Waals surface area (Å²) < 4.78 is 27.4. The zero-order valence-corrected chi connectivity index (χ0v) is 15.8. The maximum atomic E-state index is 12.5. The number of amides is 1. The molecular weight excluding hydrogens is 380 g/mol. The van der Waals surface area contributed by atoms with Crippen LogP contribution in [0.4, 0.5) is 5.69 Å². The standard InChI is InChI=1S/C17H17ClN2O3S2/c1-24-14-4-2-3-13(10-14)19-17(21)11-5-8-15(18)16(9-11)25(22,23)20-12-6-7-12/h2-5,8-10,12,20H,6-7H2,1H3,(H,19,21). The van der Waals surface area contributed by atoms with Crippen molar-refractivity contribution in [1.29, 1.82) is 0 Å². The molecule has 25 heavy (non-hydrogen) atoms. The van der Waals surface area contributed by atoms with Gasteiger partial charge in [0.15, 0.2) is 0 Å². The molecule has 1 aliphatic rings. The first-order valence-corrected chi connectivity index (χ1v) is 10.7. The van der Waals surface area contributed by atoms with Crippen molar-refractivity contribution in [2.24, 2.45) is 0 Å². The number of hydrogen-bond acceptors (Lipinski definition) is 4. The Morgan fingerprint density at radius 3 is 2.64 bits per heavy atom. The SMILES string of the molecule is CSc1cccc(NC(=O)c2ccc(Cl)c(S(=O)(=O)NC3CC3)c2)c1. The Hall–Kier alpha value is -1.54. The second-order valence-corrected chi connectivity index (χ2v) is 8.70. The molecule has 132 valence electrons. The summed E-state index contributed by atoms with van der Waals surface area (Å²) in [5.41, 5.74) is 0.877. The summed E-state index contributed by atoms with van der Waals surface area (Å²) in [4.78, 5) is 13.4. The van der Waals surface area contributed by atoms with Gasteiger partial charge in [0.05, 0.1) is 5.02 Å². The maximum Gasteiger partial charge on any atom is 0.255 e. The molecule has 0 spiro atoms. The molecule has 0 bridgehead atoms. The highest BCUT2D eigenvalue weighted by Crippen LogP contribution is 2.27. The van der Waals surface area contributed by atoms with Gasteiger partial charge in [0.25, 0.3) is 5.91 Å². The van der Waals surface area contributed by atoms with Gasteiger partial charge < -0.3 is 5.32 Å². The van der Waals surface area contributed by atoms with E-state index in [0.29, 0.717) is 5.69 Å². The Bertz CT molecular complexity index is 912. The van der Waals surface area contributed by atoms with Crippen LogP contribution in [0, 0.1) is 0 Å². The lowest BCUT2D eigenvalue weighted by Gasteiger charge is -2.10. The van der Waals surface area contributed by atoms with E-state index in [4.69, 9.17) is 11.6 Å². The summed E-state index contributed by atoms with van der Waals surface area (Å²) in [6, 6.07) is 11.6. The molecule has 1 fully saturated rings. The van der Waals surface area contributed by atoms with Gasteiger partial charge in [-0.15, -0.1) is 11.8 Å². The van der Waals surface area contributed by atoms with Crippen LogP contribution < -0.4 is 10.0 Å². The number of nitrogens with one attached hydrogen (secondary N) is 2. The van der Waals surface area contributed by atoms with Crippen molar-refractivity contribution < 1.29 is 13.2 Å². The highest BCUT2D eigenvalue weighted by molar-refractivity contribution is 7.98. The van der Waals surface area contributed by atoms with Crippen LogP contribution in [0.3, 0.4) is 0 Å². The molecule has 0 atom stereocenters. The number of halogens is 1. The van der Waals surface area contributed by atoms with Gasteiger partial charge in [-0.25, -0.2) is 13.1 Å². The molecule has 0 aromatic heterocycles. The van der Waals surface area contributed by atoms with Gasteiger partial charge in [-0.2, -0.15) is 0 Å². The largest absolute Gasteiger partial charge is 0.322 e. The fourth-order valence-corrected chi connectivity index (χ4v) is 4.53. The van der Waals surface area contributed by atoms with Crippen LogP contribution in [0.2, 0.25) is 5.02 Å². The number of rotatable bonds is 6. The fraction of sp³-hybridized carbons (Fsp3) is 0.235. The summed E-state index contributed by atoms with van der Waals surface area (Å²) in [5, 5.41) is 2.87. The Balaban J connectivity index is 1.84. The maximum absolute atomic E-state index is 12.5. The summed E-state index contributed by atoms with van der Waals surface area (Å²) in [7, 11) is -3.73. The predicted molar refractivity (Wildman–Crippen MR) is 101 cm³/mol. The smallest absolute Gasteiger partial charge is 0.255 e. The van der Waals surface area contributed by atoms with Gasteiger partial charge in [0.1, 0.15) is 4.90 Å². The summed E-state index contributed by atoms with van der Waals surface area (Å²) in [6.07, 6.45) is 3.59. The van der Waals surface area contributed by atoms with Crippen LogP contribution in [-0.4, -0.2) is 26.6 Å². The highest BCUT2D eigenvalue weighted by Gasteiger charge is 2.29. The first-order chi connectivity index (χ1) is 11.9. The van der Waals surface area contributed by atoms with Crippen LogP contribution in [-0.2, 0) is 10.0 Å². The van der Waals surface area contributed by atoms with Crippen LogP contribution >= 0.6 is 23.4 Å². The van der Waals surface area contributed by atoms with Crippen LogP contribution in [0.1, 0.15) is 23.2 Å². The van der Waals surface area contributed by atoms with E-state index in [2.05, 4.69) is 10.0 Å². The van der Waals surface area contributed by atoms with Crippen molar-refractivity contribution >= 4 is 45.0 Å². The van der Waals surface area contributed by atoms with E-state index in [1.54, 1.807) is 17.8 Å². The first kappa shape index (κ1) is 18.3. The van der Waals surface area contributed by atoms with Gasteiger partial charge in [0, 0.05) is 22.2 Å². The molecule has 3 rings (SSSR count). The normalized spacial score (nSPS) is 14.3. The molecule has 2 N–H and O–H groups in total. The second kappa shape index (κ2) is 7.37. The highest BCUT2D eigenvalue weighted by atomic mass is 35.5. The number of thioether (sulfide) groups is 1. The number of benzene rings is 2. The molecule has 0 radical (unpaired) electrons. The third kappa shape index (κ3) is 4.55. The van der Waals surface area contributed by atoms with E-state index in [1.165, 1.54) is 18.2 Å². The van der Waals surface area contributed by atoms with Crippen molar-refractivity contribution in [2.75, 3.05) is 11.6 Å². The molecule has 0 heterocycles. The summed E-state index contributed by atoms with van der Waals surface area (Å²) in [6.45, 7) is 0. The lowest BCUT2D eigenvalue weighted by atomic mass is 10.2. The van der Waals surface area contributed by atoms with Crippen LogP contribution in [0.25, 0.3) is 0 Å². The van der Waals surface area contributed by atoms with Gasteiger partial charge in [0.2, 0.25) is 10.0 Å². The summed E-state index contributed by atoms with van der Waals surface area (Å²) >= 11 is 7.60. The average Bonchev–Trinajstić information content (AvgIpc) is 3.38. The average molecular weight is 397 g/mol. The molecule has 0 unspecified atom stereocenters. The second-order valence-electron chi connectivity index (χ2n) is 5.73. The number of hydrogen-bond donors (Lipinski definition) is 2. The summed E-state index contributed by atoms with van der Waals surface area (Å²) in [5.74, 6) is -0.391. The number of carbonyl (C=O) groups is 1. The number of anilines is 1. The Morgan fingerprint density at radius 2 is 1.96 bits per heavy atom. The Morgan fingerprint density at radius 1 is 1.20 bits per heavy atom. The van der Waals surface area contributed by atoms with Gasteiger partial charge in [-0.1, -0.05) is 17.7 Å². The number of carbonyl (C=O) groups excluding carboxylic acids is 1. The van der Waals surface area contributed by atoms with Crippen molar-refractivity contribution in [1.82, 2.24) is 4.72 Å². The molecule has 1 aliphatic carbocycles. The van der Waals surface area contributed by atoms with E-state index in [1.807, 2.05) is 24.5 Å². The third-order valence-electron chi connectivity index (χ3n) is 3.71. The number of sulfonamides is 1. The first-order valence-electron chi connectivity index (χ1n) is 7.66. The molecule has 0 aliphatic heterocycles.